The van der Waals surface area contributed by atoms with Gasteiger partial charge in [-0.05, 0) is 24.0 Å². The quantitative estimate of drug-likeness (QED) is 0.643. The smallest absolute Gasteiger partial charge is 0.330 e. The van der Waals surface area contributed by atoms with E-state index < -0.39 is 4.92 Å². The van der Waals surface area contributed by atoms with Crippen molar-refractivity contribution in [2.75, 3.05) is 5.73 Å². The summed E-state index contributed by atoms with van der Waals surface area (Å²) in [4.78, 5) is 10.2. The first-order valence-corrected chi connectivity index (χ1v) is 5.71. The number of aromatic nitrogens is 2. The highest BCUT2D eigenvalue weighted by Gasteiger charge is 2.27. The molecule has 1 aromatic carbocycles. The van der Waals surface area contributed by atoms with Crippen molar-refractivity contribution in [1.29, 1.82) is 0 Å². The summed E-state index contributed by atoms with van der Waals surface area (Å²) in [6.45, 7) is 0. The van der Waals surface area contributed by atoms with Gasteiger partial charge < -0.3 is 5.73 Å². The molecule has 0 amide bonds. The largest absolute Gasteiger partial charge is 0.378 e. The van der Waals surface area contributed by atoms with Crippen LogP contribution in [0, 0.1) is 10.1 Å². The van der Waals surface area contributed by atoms with Gasteiger partial charge in [0.1, 0.15) is 6.20 Å². The van der Waals surface area contributed by atoms with Crippen molar-refractivity contribution in [2.24, 2.45) is 0 Å². The maximum Gasteiger partial charge on any atom is 0.330 e. The topological polar surface area (TPSA) is 87.0 Å². The molecule has 6 nitrogen and oxygen atoms in total. The van der Waals surface area contributed by atoms with E-state index in [1.807, 2.05) is 12.1 Å². The van der Waals surface area contributed by atoms with Crippen LogP contribution in [0.5, 0.6) is 0 Å². The molecule has 1 aliphatic rings. The summed E-state index contributed by atoms with van der Waals surface area (Å²) in [6.07, 6.45) is 2.86. The Bertz CT molecular complexity index is 595. The zero-order valence-electron chi connectivity index (χ0n) is 9.61. The van der Waals surface area contributed by atoms with E-state index in [0.717, 1.165) is 12.8 Å². The van der Waals surface area contributed by atoms with Crippen LogP contribution in [0.25, 0.3) is 0 Å². The fraction of sp³-hybridized carbons (Fsp3) is 0.250. The molecule has 1 aliphatic carbocycles. The first-order chi connectivity index (χ1) is 8.66. The van der Waals surface area contributed by atoms with E-state index in [0.29, 0.717) is 0 Å². The SMILES string of the molecule is Nc1c([N+](=O)[O-])cnn1C1Cc2ccccc2C1. The minimum atomic E-state index is -0.499. The van der Waals surface area contributed by atoms with Gasteiger partial charge in [-0.25, -0.2) is 4.68 Å². The van der Waals surface area contributed by atoms with Crippen molar-refractivity contribution in [2.45, 2.75) is 18.9 Å². The molecule has 0 saturated heterocycles. The van der Waals surface area contributed by atoms with Gasteiger partial charge in [0, 0.05) is 0 Å². The molecular weight excluding hydrogens is 232 g/mol. The van der Waals surface area contributed by atoms with Crippen LogP contribution in [0.15, 0.2) is 30.5 Å². The molecule has 3 rings (SSSR count). The Kier molecular flexibility index (Phi) is 2.29. The minimum Gasteiger partial charge on any atom is -0.378 e. The molecular formula is C12H12N4O2. The number of fused-ring (bicyclic) bond motifs is 1. The molecule has 0 saturated carbocycles. The summed E-state index contributed by atoms with van der Waals surface area (Å²) in [5.74, 6) is 0.137. The van der Waals surface area contributed by atoms with Gasteiger partial charge in [-0.3, -0.25) is 10.1 Å². The van der Waals surface area contributed by atoms with E-state index >= 15 is 0 Å². The second-order valence-electron chi connectivity index (χ2n) is 4.45. The lowest BCUT2D eigenvalue weighted by molar-refractivity contribution is -0.384. The fourth-order valence-corrected chi connectivity index (χ4v) is 2.50. The third kappa shape index (κ3) is 1.54. The molecule has 0 aliphatic heterocycles. The highest BCUT2D eigenvalue weighted by molar-refractivity contribution is 5.52. The Labute approximate surface area is 103 Å². The van der Waals surface area contributed by atoms with Gasteiger partial charge >= 0.3 is 5.69 Å². The molecule has 2 N–H and O–H groups in total. The maximum atomic E-state index is 10.7. The standard InChI is InChI=1S/C12H12N4O2/c13-12-11(16(17)18)7-14-15(12)10-5-8-3-1-2-4-9(8)6-10/h1-4,7,10H,5-6,13H2. The lowest BCUT2D eigenvalue weighted by Crippen LogP contribution is -2.13. The fourth-order valence-electron chi connectivity index (χ4n) is 2.50. The average molecular weight is 244 g/mol. The number of hydrogen-bond donors (Lipinski definition) is 1. The van der Waals surface area contributed by atoms with E-state index in [9.17, 15) is 10.1 Å². The Balaban J connectivity index is 1.93. The lowest BCUT2D eigenvalue weighted by Gasteiger charge is -2.10. The van der Waals surface area contributed by atoms with E-state index in [1.165, 1.54) is 17.3 Å². The Morgan fingerprint density at radius 1 is 1.33 bits per heavy atom. The van der Waals surface area contributed by atoms with Gasteiger partial charge in [0.2, 0.25) is 5.82 Å². The first kappa shape index (κ1) is 10.8. The van der Waals surface area contributed by atoms with Crippen molar-refractivity contribution in [3.63, 3.8) is 0 Å². The zero-order valence-corrected chi connectivity index (χ0v) is 9.61. The lowest BCUT2D eigenvalue weighted by atomic mass is 10.1. The number of anilines is 1. The number of nitro groups is 1. The van der Waals surface area contributed by atoms with Crippen molar-refractivity contribution < 1.29 is 4.92 Å². The second-order valence-corrected chi connectivity index (χ2v) is 4.45. The average Bonchev–Trinajstić information content (AvgIpc) is 2.91. The Morgan fingerprint density at radius 3 is 2.44 bits per heavy atom. The summed E-state index contributed by atoms with van der Waals surface area (Å²) >= 11 is 0. The molecule has 0 radical (unpaired) electrons. The molecule has 0 bridgehead atoms. The number of benzene rings is 1. The number of rotatable bonds is 2. The maximum absolute atomic E-state index is 10.7. The molecule has 6 heteroatoms. The van der Waals surface area contributed by atoms with Gasteiger partial charge in [0.25, 0.3) is 0 Å². The van der Waals surface area contributed by atoms with Gasteiger partial charge in [0.15, 0.2) is 0 Å². The highest BCUT2D eigenvalue weighted by Crippen LogP contribution is 2.33. The molecule has 0 fully saturated rings. The molecule has 0 unspecified atom stereocenters. The summed E-state index contributed by atoms with van der Waals surface area (Å²) in [7, 11) is 0. The van der Waals surface area contributed by atoms with Crippen LogP contribution >= 0.6 is 0 Å². The van der Waals surface area contributed by atoms with Crippen LogP contribution in [0.2, 0.25) is 0 Å². The minimum absolute atomic E-state index is 0.0797. The van der Waals surface area contributed by atoms with Crippen LogP contribution in [0.4, 0.5) is 11.5 Å². The third-order valence-corrected chi connectivity index (χ3v) is 3.39. The normalized spacial score (nSPS) is 14.7. The summed E-state index contributed by atoms with van der Waals surface area (Å²) in [5.41, 5.74) is 8.19. The van der Waals surface area contributed by atoms with Crippen molar-refractivity contribution in [3.8, 4) is 0 Å². The monoisotopic (exact) mass is 244 g/mol. The predicted molar refractivity (Wildman–Crippen MR) is 66.2 cm³/mol. The number of nitrogen functional groups attached to an aromatic ring is 1. The van der Waals surface area contributed by atoms with Crippen LogP contribution in [-0.4, -0.2) is 14.7 Å². The first-order valence-electron chi connectivity index (χ1n) is 5.71. The second kappa shape index (κ2) is 3.83. The predicted octanol–water partition coefficient (Wildman–Crippen LogP) is 1.71. The summed E-state index contributed by atoms with van der Waals surface area (Å²) < 4.78 is 1.57. The van der Waals surface area contributed by atoms with Gasteiger partial charge in [-0.1, -0.05) is 24.3 Å². The Hall–Kier alpha value is -2.37. The molecule has 0 atom stereocenters. The van der Waals surface area contributed by atoms with Gasteiger partial charge in [-0.2, -0.15) is 5.10 Å². The van der Waals surface area contributed by atoms with Crippen LogP contribution in [0.3, 0.4) is 0 Å². The molecule has 2 aromatic rings. The molecule has 1 aromatic heterocycles. The molecule has 18 heavy (non-hydrogen) atoms. The van der Waals surface area contributed by atoms with Crippen LogP contribution < -0.4 is 5.73 Å². The molecule has 0 spiro atoms. The summed E-state index contributed by atoms with van der Waals surface area (Å²) in [5, 5.41) is 14.8. The van der Waals surface area contributed by atoms with Crippen LogP contribution in [-0.2, 0) is 12.8 Å². The van der Waals surface area contributed by atoms with Gasteiger partial charge in [-0.15, -0.1) is 0 Å². The highest BCUT2D eigenvalue weighted by atomic mass is 16.6. The van der Waals surface area contributed by atoms with Gasteiger partial charge in [0.05, 0.1) is 11.0 Å². The Morgan fingerprint density at radius 2 is 1.94 bits per heavy atom. The number of hydrogen-bond acceptors (Lipinski definition) is 4. The van der Waals surface area contributed by atoms with E-state index in [-0.39, 0.29) is 17.5 Å². The third-order valence-electron chi connectivity index (χ3n) is 3.39. The van der Waals surface area contributed by atoms with Crippen molar-refractivity contribution >= 4 is 11.5 Å². The van der Waals surface area contributed by atoms with E-state index in [1.54, 1.807) is 4.68 Å². The van der Waals surface area contributed by atoms with E-state index in [2.05, 4.69) is 17.2 Å². The van der Waals surface area contributed by atoms with E-state index in [4.69, 9.17) is 5.73 Å². The zero-order chi connectivity index (χ0) is 12.7. The van der Waals surface area contributed by atoms with Crippen LogP contribution in [0.1, 0.15) is 17.2 Å². The van der Waals surface area contributed by atoms with Crippen molar-refractivity contribution in [1.82, 2.24) is 9.78 Å². The number of nitrogens with two attached hydrogens (primary N) is 1. The summed E-state index contributed by atoms with van der Waals surface area (Å²) in [6, 6.07) is 8.22. The molecule has 1 heterocycles. The number of nitrogens with zero attached hydrogens (tertiary/aromatic N) is 3. The molecule has 92 valence electrons. The van der Waals surface area contributed by atoms with Crippen molar-refractivity contribution in [3.05, 3.63) is 51.7 Å².